The van der Waals surface area contributed by atoms with Gasteiger partial charge in [0.25, 0.3) is 0 Å². The van der Waals surface area contributed by atoms with E-state index in [2.05, 4.69) is 25.9 Å². The van der Waals surface area contributed by atoms with E-state index in [1.54, 1.807) is 12.1 Å². The summed E-state index contributed by atoms with van der Waals surface area (Å²) in [7, 11) is -2.48. The van der Waals surface area contributed by atoms with Crippen molar-refractivity contribution in [3.8, 4) is 5.75 Å². The first kappa shape index (κ1) is 27.2. The second kappa shape index (κ2) is 12.6. The minimum atomic E-state index is -2.48. The van der Waals surface area contributed by atoms with Crippen molar-refractivity contribution in [1.29, 1.82) is 0 Å². The van der Waals surface area contributed by atoms with Crippen LogP contribution in [0.1, 0.15) is 24.8 Å². The normalized spacial score (nSPS) is 18.9. The Morgan fingerprint density at radius 3 is 2.58 bits per heavy atom. The van der Waals surface area contributed by atoms with Crippen molar-refractivity contribution in [3.05, 3.63) is 59.9 Å². The smallest absolute Gasteiger partial charge is 0.175 e. The monoisotopic (exact) mass is 550 g/mol. The largest absolute Gasteiger partial charge is 0.492 e. The van der Waals surface area contributed by atoms with Crippen LogP contribution in [0.4, 0.5) is 10.1 Å². The predicted molar refractivity (Wildman–Crippen MR) is 153 cm³/mol. The molecule has 6 nitrogen and oxygen atoms in total. The summed E-state index contributed by atoms with van der Waals surface area (Å²) in [6, 6.07) is 15.0. The Balaban J connectivity index is 1.32. The number of thiocarbonyl (C=S) groups is 1. The maximum absolute atomic E-state index is 13.6. The Morgan fingerprint density at radius 2 is 1.86 bits per heavy atom. The second-order valence-electron chi connectivity index (χ2n) is 9.05. The maximum atomic E-state index is 13.6. The number of benzene rings is 2. The van der Waals surface area contributed by atoms with Crippen LogP contribution in [0.2, 0.25) is 0 Å². The van der Waals surface area contributed by atoms with Gasteiger partial charge < -0.3 is 24.2 Å². The lowest BCUT2D eigenvalue weighted by Crippen LogP contribution is -2.47. The number of nitrogens with one attached hydrogen (secondary N) is 1. The number of anilines is 1. The molecule has 10 heteroatoms. The lowest BCUT2D eigenvalue weighted by molar-refractivity contribution is 0.199. The first-order chi connectivity index (χ1) is 17.4. The molecule has 2 aromatic carbocycles. The molecule has 2 aliphatic rings. The van der Waals surface area contributed by atoms with Crippen molar-refractivity contribution < 1.29 is 13.7 Å². The highest BCUT2D eigenvalue weighted by Crippen LogP contribution is 2.44. The van der Waals surface area contributed by atoms with E-state index < -0.39 is 7.29 Å². The second-order valence-corrected chi connectivity index (χ2v) is 13.9. The molecule has 0 saturated carbocycles. The van der Waals surface area contributed by atoms with E-state index in [0.717, 1.165) is 62.0 Å². The van der Waals surface area contributed by atoms with Gasteiger partial charge in [0.2, 0.25) is 0 Å². The molecule has 36 heavy (non-hydrogen) atoms. The van der Waals surface area contributed by atoms with E-state index in [9.17, 15) is 8.96 Å². The van der Waals surface area contributed by atoms with Crippen LogP contribution in [0.15, 0.2) is 48.5 Å². The summed E-state index contributed by atoms with van der Waals surface area (Å²) >= 11 is 7.53. The van der Waals surface area contributed by atoms with Crippen LogP contribution < -0.4 is 14.7 Å². The molecule has 2 aliphatic heterocycles. The maximum Gasteiger partial charge on any atom is 0.175 e. The van der Waals surface area contributed by atoms with Crippen molar-refractivity contribution >= 4 is 42.1 Å². The van der Waals surface area contributed by atoms with Crippen LogP contribution in [-0.2, 0) is 4.57 Å². The van der Waals surface area contributed by atoms with E-state index >= 15 is 0 Å². The predicted octanol–water partition coefficient (Wildman–Crippen LogP) is 5.27. The first-order valence-electron chi connectivity index (χ1n) is 12.7. The third-order valence-corrected chi connectivity index (χ3v) is 11.3. The van der Waals surface area contributed by atoms with Gasteiger partial charge in [0, 0.05) is 68.6 Å². The molecule has 0 bridgehead atoms. The summed E-state index contributed by atoms with van der Waals surface area (Å²) in [5, 5.41) is 3.80. The Labute approximate surface area is 224 Å². The summed E-state index contributed by atoms with van der Waals surface area (Å²) in [5.74, 6) is 1.64. The molecule has 1 N–H and O–H groups in total. The number of para-hydroxylation sites is 1. The average molecular weight is 551 g/mol. The molecule has 1 unspecified atom stereocenters. The number of piperazine rings is 1. The zero-order valence-electron chi connectivity index (χ0n) is 21.1. The fourth-order valence-corrected chi connectivity index (χ4v) is 7.85. The van der Waals surface area contributed by atoms with Gasteiger partial charge in [-0.25, -0.2) is 4.39 Å². The average Bonchev–Trinajstić information content (AvgIpc) is 3.39. The zero-order valence-corrected chi connectivity index (χ0v) is 23.6. The van der Waals surface area contributed by atoms with E-state index in [0.29, 0.717) is 24.0 Å². The topological polar surface area (TPSA) is 48.1 Å². The fraction of sp³-hybridized carbons (Fsp3) is 0.500. The van der Waals surface area contributed by atoms with Crippen LogP contribution in [-0.4, -0.2) is 78.9 Å². The lowest BCUT2D eigenvalue weighted by atomic mass is 10.2. The number of rotatable bonds is 9. The third kappa shape index (κ3) is 6.74. The molecule has 2 heterocycles. The van der Waals surface area contributed by atoms with Crippen LogP contribution in [0.3, 0.4) is 0 Å². The molecule has 4 rings (SSSR count). The van der Waals surface area contributed by atoms with Gasteiger partial charge in [-0.2, -0.15) is 0 Å². The molecule has 0 aromatic heterocycles. The Bertz CT molecular complexity index is 1080. The van der Waals surface area contributed by atoms with E-state index in [1.807, 2.05) is 49.9 Å². The molecule has 2 fully saturated rings. The number of thioether (sulfide) groups is 1. The zero-order chi connectivity index (χ0) is 25.5. The molecular formula is C26H36FN4O2PS2. The van der Waals surface area contributed by atoms with Crippen LogP contribution in [0, 0.1) is 5.82 Å². The first-order valence-corrected chi connectivity index (χ1v) is 16.2. The Kier molecular flexibility index (Phi) is 9.56. The highest BCUT2D eigenvalue weighted by atomic mass is 32.2. The van der Waals surface area contributed by atoms with E-state index in [4.69, 9.17) is 17.0 Å². The molecule has 2 saturated heterocycles. The summed E-state index contributed by atoms with van der Waals surface area (Å²) < 4.78 is 32.8. The summed E-state index contributed by atoms with van der Waals surface area (Å²) in [6.07, 6.45) is 1.18. The lowest BCUT2D eigenvalue weighted by Gasteiger charge is -2.36. The minimum absolute atomic E-state index is 0.0400. The van der Waals surface area contributed by atoms with Gasteiger partial charge in [-0.3, -0.25) is 4.90 Å². The van der Waals surface area contributed by atoms with Crippen molar-refractivity contribution in [3.63, 3.8) is 0 Å². The Morgan fingerprint density at radius 1 is 1.11 bits per heavy atom. The van der Waals surface area contributed by atoms with Crippen molar-refractivity contribution in [2.45, 2.75) is 19.2 Å². The Hall–Kier alpha value is -1.80. The van der Waals surface area contributed by atoms with Gasteiger partial charge in [-0.1, -0.05) is 38.1 Å². The minimum Gasteiger partial charge on any atom is -0.492 e. The molecular weight excluding hydrogens is 514 g/mol. The molecule has 0 radical (unpaired) electrons. The van der Waals surface area contributed by atoms with Gasteiger partial charge in [0.15, 0.2) is 12.4 Å². The van der Waals surface area contributed by atoms with Crippen LogP contribution in [0.5, 0.6) is 5.75 Å². The molecule has 1 atom stereocenters. The SMILES string of the molecule is CCP(=O)(CC)NC(=S)N1CCSC1c1ccccc1OCCN1CCN(c2cccc(F)c2)CC1. The fourth-order valence-electron chi connectivity index (χ4n) is 4.56. The highest BCUT2D eigenvalue weighted by Gasteiger charge is 2.33. The number of nitrogens with zero attached hydrogens (tertiary/aromatic N) is 3. The molecule has 0 aliphatic carbocycles. The molecule has 0 amide bonds. The van der Waals surface area contributed by atoms with E-state index in [1.165, 1.54) is 6.07 Å². The number of hydrogen-bond donors (Lipinski definition) is 1. The number of halogens is 1. The molecule has 2 aromatic rings. The van der Waals surface area contributed by atoms with Crippen LogP contribution >= 0.6 is 31.3 Å². The number of hydrogen-bond acceptors (Lipinski definition) is 6. The van der Waals surface area contributed by atoms with Crippen LogP contribution in [0.25, 0.3) is 0 Å². The van der Waals surface area contributed by atoms with E-state index in [-0.39, 0.29) is 11.2 Å². The third-order valence-electron chi connectivity index (χ3n) is 6.87. The highest BCUT2D eigenvalue weighted by molar-refractivity contribution is 7.99. The van der Waals surface area contributed by atoms with Crippen molar-refractivity contribution in [2.75, 3.05) is 68.9 Å². The number of ether oxygens (including phenoxy) is 1. The van der Waals surface area contributed by atoms with Gasteiger partial charge in [0.1, 0.15) is 23.5 Å². The molecule has 196 valence electrons. The van der Waals surface area contributed by atoms with Gasteiger partial charge in [-0.05, 0) is 36.5 Å². The summed E-state index contributed by atoms with van der Waals surface area (Å²) in [5.41, 5.74) is 2.04. The van der Waals surface area contributed by atoms with Crippen molar-refractivity contribution in [2.24, 2.45) is 0 Å². The molecule has 0 spiro atoms. The van der Waals surface area contributed by atoms with Gasteiger partial charge in [0.05, 0.1) is 0 Å². The summed E-state index contributed by atoms with van der Waals surface area (Å²) in [6.45, 7) is 9.72. The van der Waals surface area contributed by atoms with Gasteiger partial charge in [-0.15, -0.1) is 11.8 Å². The summed E-state index contributed by atoms with van der Waals surface area (Å²) in [4.78, 5) is 6.77. The quantitative estimate of drug-likeness (QED) is 0.335. The van der Waals surface area contributed by atoms with Gasteiger partial charge >= 0.3 is 0 Å². The standard InChI is InChI=1S/C26H36FN4O2PS2/c1-3-34(32,4-2)28-26(35)31-17-19-36-25(31)23-10-5-6-11-24(23)33-18-16-29-12-14-30(15-13-29)22-9-7-8-21(27)20-22/h5-11,20,25H,3-4,12-19H2,1-2H3,(H,28,32,35). The van der Waals surface area contributed by atoms with Crippen molar-refractivity contribution in [1.82, 2.24) is 14.9 Å².